The summed E-state index contributed by atoms with van der Waals surface area (Å²) in [5.74, 6) is -0.0496. The zero-order chi connectivity index (χ0) is 16.6. The molecule has 3 rings (SSSR count). The van der Waals surface area contributed by atoms with Gasteiger partial charge in [-0.25, -0.2) is 0 Å². The van der Waals surface area contributed by atoms with Crippen molar-refractivity contribution < 1.29 is 10.2 Å². The van der Waals surface area contributed by atoms with Crippen molar-refractivity contribution in [3.05, 3.63) is 45.2 Å². The number of β-amino-alcohol motifs (C(OH)–C–C–N with tert-alkyl or cyclic N) is 1. The molecule has 2 atom stereocenters. The third-order valence-corrected chi connectivity index (χ3v) is 4.80. The first kappa shape index (κ1) is 16.2. The molecule has 1 aliphatic heterocycles. The first-order valence-electron chi connectivity index (χ1n) is 8.12. The van der Waals surface area contributed by atoms with Crippen molar-refractivity contribution >= 4 is 10.9 Å². The van der Waals surface area contributed by atoms with Crippen molar-refractivity contribution in [1.82, 2.24) is 9.88 Å². The van der Waals surface area contributed by atoms with Crippen LogP contribution in [0.25, 0.3) is 10.9 Å². The molecule has 1 saturated heterocycles. The Morgan fingerprint density at radius 3 is 2.78 bits per heavy atom. The van der Waals surface area contributed by atoms with Gasteiger partial charge in [-0.2, -0.15) is 0 Å². The van der Waals surface area contributed by atoms with E-state index in [2.05, 4.69) is 22.0 Å². The number of pyridine rings is 1. The standard InChI is InChI=1S/C18H24N2O3/c1-11-5-12(2)17-14(6-11)7-15(18(23)19-17)8-20-4-3-13(10-21)16(22)9-20/h5-7,13,16,21-22H,3-4,8-10H2,1-2H3,(H,19,23)/t13-,16-/m1/s1. The fourth-order valence-corrected chi connectivity index (χ4v) is 3.49. The van der Waals surface area contributed by atoms with Crippen LogP contribution in [0.1, 0.15) is 23.1 Å². The van der Waals surface area contributed by atoms with E-state index in [0.717, 1.165) is 35.0 Å². The van der Waals surface area contributed by atoms with E-state index in [-0.39, 0.29) is 18.1 Å². The summed E-state index contributed by atoms with van der Waals surface area (Å²) in [5, 5.41) is 20.3. The van der Waals surface area contributed by atoms with Crippen molar-refractivity contribution in [2.45, 2.75) is 32.9 Å². The van der Waals surface area contributed by atoms with E-state index in [9.17, 15) is 15.0 Å². The number of hydrogen-bond donors (Lipinski definition) is 3. The molecule has 1 aromatic carbocycles. The molecule has 0 aliphatic carbocycles. The van der Waals surface area contributed by atoms with Crippen LogP contribution in [0.2, 0.25) is 0 Å². The molecule has 23 heavy (non-hydrogen) atoms. The molecule has 5 nitrogen and oxygen atoms in total. The number of likely N-dealkylation sites (tertiary alicyclic amines) is 1. The third-order valence-electron chi connectivity index (χ3n) is 4.80. The Kier molecular flexibility index (Phi) is 4.53. The zero-order valence-corrected chi connectivity index (χ0v) is 13.7. The van der Waals surface area contributed by atoms with Crippen LogP contribution in [-0.4, -0.2) is 45.9 Å². The SMILES string of the molecule is Cc1cc(C)c2[nH]c(=O)c(CN3CC[C@H](CO)[C@H](O)C3)cc2c1. The molecule has 2 heterocycles. The van der Waals surface area contributed by atoms with Gasteiger partial charge in [0.2, 0.25) is 0 Å². The molecule has 0 spiro atoms. The maximum absolute atomic E-state index is 12.4. The number of aromatic nitrogens is 1. The van der Waals surface area contributed by atoms with Crippen LogP contribution >= 0.6 is 0 Å². The van der Waals surface area contributed by atoms with Gasteiger partial charge in [-0.3, -0.25) is 9.69 Å². The van der Waals surface area contributed by atoms with Gasteiger partial charge in [0.05, 0.1) is 11.6 Å². The smallest absolute Gasteiger partial charge is 0.252 e. The molecule has 0 unspecified atom stereocenters. The van der Waals surface area contributed by atoms with Gasteiger partial charge in [0.15, 0.2) is 0 Å². The number of aromatic amines is 1. The summed E-state index contributed by atoms with van der Waals surface area (Å²) in [6, 6.07) is 6.10. The highest BCUT2D eigenvalue weighted by atomic mass is 16.3. The average Bonchev–Trinajstić information content (AvgIpc) is 2.49. The number of hydrogen-bond acceptors (Lipinski definition) is 4. The molecule has 5 heteroatoms. The van der Waals surface area contributed by atoms with Crippen LogP contribution in [0.3, 0.4) is 0 Å². The van der Waals surface area contributed by atoms with Crippen molar-refractivity contribution in [3.8, 4) is 0 Å². The molecule has 0 bridgehead atoms. The maximum Gasteiger partial charge on any atom is 0.252 e. The van der Waals surface area contributed by atoms with E-state index in [0.29, 0.717) is 13.1 Å². The number of piperidine rings is 1. The minimum Gasteiger partial charge on any atom is -0.396 e. The molecule has 1 aromatic heterocycles. The summed E-state index contributed by atoms with van der Waals surface area (Å²) < 4.78 is 0. The molecular formula is C18H24N2O3. The quantitative estimate of drug-likeness (QED) is 0.798. The van der Waals surface area contributed by atoms with Crippen LogP contribution in [0.15, 0.2) is 23.0 Å². The van der Waals surface area contributed by atoms with Crippen LogP contribution < -0.4 is 5.56 Å². The van der Waals surface area contributed by atoms with Gasteiger partial charge in [-0.15, -0.1) is 0 Å². The highest BCUT2D eigenvalue weighted by Gasteiger charge is 2.27. The number of aryl methyl sites for hydroxylation is 2. The number of benzene rings is 1. The van der Waals surface area contributed by atoms with Crippen LogP contribution in [0.4, 0.5) is 0 Å². The van der Waals surface area contributed by atoms with Crippen molar-refractivity contribution in [1.29, 1.82) is 0 Å². The fraction of sp³-hybridized carbons (Fsp3) is 0.500. The van der Waals surface area contributed by atoms with E-state index in [1.807, 2.05) is 19.9 Å². The second-order valence-electron chi connectivity index (χ2n) is 6.70. The molecule has 1 aliphatic rings. The number of fused-ring (bicyclic) bond motifs is 1. The number of aliphatic hydroxyl groups is 2. The number of nitrogens with zero attached hydrogens (tertiary/aromatic N) is 1. The summed E-state index contributed by atoms with van der Waals surface area (Å²) in [6.45, 7) is 5.87. The molecule has 2 aromatic rings. The lowest BCUT2D eigenvalue weighted by atomic mass is 9.94. The van der Waals surface area contributed by atoms with E-state index in [4.69, 9.17) is 0 Å². The van der Waals surface area contributed by atoms with Crippen LogP contribution in [0.5, 0.6) is 0 Å². The fourth-order valence-electron chi connectivity index (χ4n) is 3.49. The van der Waals surface area contributed by atoms with E-state index in [1.165, 1.54) is 5.56 Å². The van der Waals surface area contributed by atoms with Gasteiger partial charge in [0, 0.05) is 31.2 Å². The zero-order valence-electron chi connectivity index (χ0n) is 13.7. The monoisotopic (exact) mass is 316 g/mol. The summed E-state index contributed by atoms with van der Waals surface area (Å²) in [6.07, 6.45) is 0.222. The Labute approximate surface area is 135 Å². The van der Waals surface area contributed by atoms with Gasteiger partial charge in [-0.05, 0) is 49.9 Å². The topological polar surface area (TPSA) is 76.6 Å². The van der Waals surface area contributed by atoms with Gasteiger partial charge in [-0.1, -0.05) is 11.6 Å². The number of aliphatic hydroxyl groups excluding tert-OH is 2. The molecular weight excluding hydrogens is 292 g/mol. The highest BCUT2D eigenvalue weighted by molar-refractivity contribution is 5.82. The van der Waals surface area contributed by atoms with Gasteiger partial charge >= 0.3 is 0 Å². The van der Waals surface area contributed by atoms with Crippen molar-refractivity contribution in [2.75, 3.05) is 19.7 Å². The molecule has 124 valence electrons. The largest absolute Gasteiger partial charge is 0.396 e. The second kappa shape index (κ2) is 6.43. The summed E-state index contributed by atoms with van der Waals surface area (Å²) >= 11 is 0. The third kappa shape index (κ3) is 3.32. The summed E-state index contributed by atoms with van der Waals surface area (Å²) in [7, 11) is 0. The number of rotatable bonds is 3. The highest BCUT2D eigenvalue weighted by Crippen LogP contribution is 2.21. The molecule has 3 N–H and O–H groups in total. The first-order chi connectivity index (χ1) is 11.0. The Morgan fingerprint density at radius 2 is 2.09 bits per heavy atom. The minimum absolute atomic E-state index is 0.0180. The predicted octanol–water partition coefficient (Wildman–Crippen LogP) is 1.32. The Morgan fingerprint density at radius 1 is 1.30 bits per heavy atom. The predicted molar refractivity (Wildman–Crippen MR) is 90.5 cm³/mol. The maximum atomic E-state index is 12.4. The Hall–Kier alpha value is -1.69. The van der Waals surface area contributed by atoms with E-state index in [1.54, 1.807) is 0 Å². The molecule has 0 saturated carbocycles. The lowest BCUT2D eigenvalue weighted by Crippen LogP contribution is -2.45. The van der Waals surface area contributed by atoms with Crippen molar-refractivity contribution in [3.63, 3.8) is 0 Å². The molecule has 1 fully saturated rings. The summed E-state index contributed by atoms with van der Waals surface area (Å²) in [5.41, 5.74) is 3.79. The first-order valence-corrected chi connectivity index (χ1v) is 8.12. The normalized spacial score (nSPS) is 22.6. The Balaban J connectivity index is 1.86. The van der Waals surface area contributed by atoms with E-state index >= 15 is 0 Å². The lowest BCUT2D eigenvalue weighted by Gasteiger charge is -2.34. The van der Waals surface area contributed by atoms with Gasteiger partial charge in [0.25, 0.3) is 5.56 Å². The van der Waals surface area contributed by atoms with Crippen LogP contribution in [0, 0.1) is 19.8 Å². The average molecular weight is 316 g/mol. The second-order valence-corrected chi connectivity index (χ2v) is 6.70. The van der Waals surface area contributed by atoms with Gasteiger partial charge < -0.3 is 15.2 Å². The molecule has 0 radical (unpaired) electrons. The lowest BCUT2D eigenvalue weighted by molar-refractivity contribution is -0.00454. The molecule has 0 amide bonds. The Bertz CT molecular complexity index is 769. The van der Waals surface area contributed by atoms with Crippen LogP contribution in [-0.2, 0) is 6.54 Å². The summed E-state index contributed by atoms with van der Waals surface area (Å²) in [4.78, 5) is 17.4. The minimum atomic E-state index is -0.530. The number of H-pyrrole nitrogens is 1. The van der Waals surface area contributed by atoms with Gasteiger partial charge in [0.1, 0.15) is 0 Å². The van der Waals surface area contributed by atoms with Crippen molar-refractivity contribution in [2.24, 2.45) is 5.92 Å². The van der Waals surface area contributed by atoms with E-state index < -0.39 is 6.10 Å². The number of nitrogens with one attached hydrogen (secondary N) is 1.